The third-order valence-corrected chi connectivity index (χ3v) is 2.72. The molecule has 0 saturated heterocycles. The molecule has 5 heteroatoms. The quantitative estimate of drug-likeness (QED) is 0.809. The predicted octanol–water partition coefficient (Wildman–Crippen LogP) is 1.59. The highest BCUT2D eigenvalue weighted by molar-refractivity contribution is 5.69. The topological polar surface area (TPSA) is 82.3 Å². The smallest absolute Gasteiger partial charge is 0.307 e. The molecule has 1 aromatic rings. The summed E-state index contributed by atoms with van der Waals surface area (Å²) in [7, 11) is 0. The molecule has 0 bridgehead atoms. The molecule has 2 N–H and O–H groups in total. The lowest BCUT2D eigenvalue weighted by molar-refractivity contribution is -0.139. The molecule has 88 valence electrons. The van der Waals surface area contributed by atoms with Gasteiger partial charge in [0.25, 0.3) is 0 Å². The van der Waals surface area contributed by atoms with Crippen molar-refractivity contribution in [2.45, 2.75) is 25.5 Å². The average Bonchev–Trinajstić information content (AvgIpc) is 2.28. The van der Waals surface area contributed by atoms with E-state index in [9.17, 15) is 4.79 Å². The fraction of sp³-hybridized carbons (Fsp3) is 0.333. The number of fused-ring (bicyclic) bond motifs is 1. The molecule has 2 unspecified atom stereocenters. The Labute approximate surface area is 98.6 Å². The van der Waals surface area contributed by atoms with Crippen molar-refractivity contribution in [3.8, 4) is 11.8 Å². The number of nitriles is 1. The number of hydrogen-bond donors (Lipinski definition) is 2. The summed E-state index contributed by atoms with van der Waals surface area (Å²) in [5.41, 5.74) is 1.15. The van der Waals surface area contributed by atoms with Crippen LogP contribution in [0.15, 0.2) is 18.2 Å². The molecule has 0 fully saturated rings. The molecule has 0 aliphatic carbocycles. The number of benzene rings is 1. The van der Waals surface area contributed by atoms with Gasteiger partial charge in [-0.3, -0.25) is 4.79 Å². The van der Waals surface area contributed by atoms with Crippen LogP contribution in [0, 0.1) is 11.3 Å². The number of nitrogens with one attached hydrogen (secondary N) is 1. The zero-order valence-electron chi connectivity index (χ0n) is 9.30. The second kappa shape index (κ2) is 4.34. The van der Waals surface area contributed by atoms with Gasteiger partial charge in [0.1, 0.15) is 12.2 Å². The van der Waals surface area contributed by atoms with E-state index in [4.69, 9.17) is 15.1 Å². The summed E-state index contributed by atoms with van der Waals surface area (Å²) >= 11 is 0. The van der Waals surface area contributed by atoms with Crippen molar-refractivity contribution < 1.29 is 14.6 Å². The largest absolute Gasteiger partial charge is 0.484 e. The number of anilines is 1. The van der Waals surface area contributed by atoms with E-state index in [1.54, 1.807) is 12.1 Å². The van der Waals surface area contributed by atoms with Gasteiger partial charge in [0.05, 0.1) is 23.7 Å². The van der Waals surface area contributed by atoms with Crippen LogP contribution in [0.5, 0.6) is 5.75 Å². The molecular formula is C12H12N2O3. The molecule has 0 aromatic heterocycles. The van der Waals surface area contributed by atoms with Gasteiger partial charge in [-0.15, -0.1) is 0 Å². The highest BCUT2D eigenvalue weighted by Gasteiger charge is 2.29. The van der Waals surface area contributed by atoms with Crippen LogP contribution in [0.25, 0.3) is 0 Å². The maximum absolute atomic E-state index is 10.7. The summed E-state index contributed by atoms with van der Waals surface area (Å²) in [6.45, 7) is 1.86. The number of para-hydroxylation sites is 1. The van der Waals surface area contributed by atoms with Crippen LogP contribution < -0.4 is 10.1 Å². The first-order valence-electron chi connectivity index (χ1n) is 5.30. The lowest BCUT2D eigenvalue weighted by Crippen LogP contribution is -2.40. The highest BCUT2D eigenvalue weighted by atomic mass is 16.5. The Morgan fingerprint density at radius 2 is 2.41 bits per heavy atom. The second-order valence-electron chi connectivity index (χ2n) is 3.98. The lowest BCUT2D eigenvalue weighted by Gasteiger charge is -2.32. The molecule has 1 aliphatic rings. The Morgan fingerprint density at radius 1 is 1.65 bits per heavy atom. The van der Waals surface area contributed by atoms with Crippen molar-refractivity contribution in [3.63, 3.8) is 0 Å². The van der Waals surface area contributed by atoms with Crippen LogP contribution in [-0.4, -0.2) is 23.2 Å². The van der Waals surface area contributed by atoms with Crippen LogP contribution in [0.1, 0.15) is 18.9 Å². The maximum atomic E-state index is 10.7. The van der Waals surface area contributed by atoms with Crippen LogP contribution in [-0.2, 0) is 4.79 Å². The predicted molar refractivity (Wildman–Crippen MR) is 60.9 cm³/mol. The number of carboxylic acid groups (broad SMARTS) is 1. The molecule has 0 radical (unpaired) electrons. The van der Waals surface area contributed by atoms with Crippen LogP contribution >= 0.6 is 0 Å². The molecular weight excluding hydrogens is 220 g/mol. The van der Waals surface area contributed by atoms with E-state index in [-0.39, 0.29) is 12.5 Å². The summed E-state index contributed by atoms with van der Waals surface area (Å²) in [6.07, 6.45) is -0.553. The molecule has 2 rings (SSSR count). The number of carbonyl (C=O) groups is 1. The molecule has 2 atom stereocenters. The molecule has 1 heterocycles. The minimum Gasteiger partial charge on any atom is -0.484 e. The van der Waals surface area contributed by atoms with Crippen molar-refractivity contribution >= 4 is 11.7 Å². The van der Waals surface area contributed by atoms with Crippen molar-refractivity contribution in [1.29, 1.82) is 5.26 Å². The number of aliphatic carboxylic acids is 1. The van der Waals surface area contributed by atoms with E-state index >= 15 is 0 Å². The first kappa shape index (κ1) is 11.3. The molecule has 5 nitrogen and oxygen atoms in total. The molecule has 0 amide bonds. The zero-order valence-corrected chi connectivity index (χ0v) is 9.30. The van der Waals surface area contributed by atoms with E-state index < -0.39 is 12.1 Å². The minimum atomic E-state index is -0.915. The Balaban J connectivity index is 2.32. The van der Waals surface area contributed by atoms with Crippen LogP contribution in [0.2, 0.25) is 0 Å². The number of carboxylic acids is 1. The van der Waals surface area contributed by atoms with Crippen molar-refractivity contribution in [2.24, 2.45) is 0 Å². The summed E-state index contributed by atoms with van der Waals surface area (Å²) in [6, 6.07) is 7.15. The Hall–Kier alpha value is -2.22. The molecule has 17 heavy (non-hydrogen) atoms. The Morgan fingerprint density at radius 3 is 3.06 bits per heavy atom. The van der Waals surface area contributed by atoms with Gasteiger partial charge in [-0.25, -0.2) is 0 Å². The standard InChI is InChI=1S/C12H12N2O3/c1-7-10(5-11(15)16)17-12-8(6-13)3-2-4-9(12)14-7/h2-4,7,10,14H,5H2,1H3,(H,15,16). The number of nitrogens with zero attached hydrogens (tertiary/aromatic N) is 1. The fourth-order valence-electron chi connectivity index (χ4n) is 1.85. The maximum Gasteiger partial charge on any atom is 0.307 e. The van der Waals surface area contributed by atoms with Crippen molar-refractivity contribution in [3.05, 3.63) is 23.8 Å². The molecule has 0 saturated carbocycles. The third kappa shape index (κ3) is 2.16. The van der Waals surface area contributed by atoms with Gasteiger partial charge >= 0.3 is 5.97 Å². The van der Waals surface area contributed by atoms with Gasteiger partial charge < -0.3 is 15.2 Å². The van der Waals surface area contributed by atoms with Gasteiger partial charge in [0, 0.05) is 0 Å². The van der Waals surface area contributed by atoms with E-state index in [1.807, 2.05) is 19.1 Å². The molecule has 1 aliphatic heterocycles. The number of rotatable bonds is 2. The van der Waals surface area contributed by atoms with Gasteiger partial charge in [0.2, 0.25) is 0 Å². The first-order chi connectivity index (χ1) is 8.11. The number of ether oxygens (including phenoxy) is 1. The molecule has 1 aromatic carbocycles. The van der Waals surface area contributed by atoms with Gasteiger partial charge in [0.15, 0.2) is 5.75 Å². The summed E-state index contributed by atoms with van der Waals surface area (Å²) in [5, 5.41) is 20.9. The van der Waals surface area contributed by atoms with Gasteiger partial charge in [-0.2, -0.15) is 5.26 Å². The third-order valence-electron chi connectivity index (χ3n) is 2.72. The minimum absolute atomic E-state index is 0.0899. The van der Waals surface area contributed by atoms with Crippen molar-refractivity contribution in [1.82, 2.24) is 0 Å². The van der Waals surface area contributed by atoms with Gasteiger partial charge in [-0.05, 0) is 19.1 Å². The monoisotopic (exact) mass is 232 g/mol. The first-order valence-corrected chi connectivity index (χ1v) is 5.30. The normalized spacial score (nSPS) is 21.6. The Kier molecular flexibility index (Phi) is 2.88. The molecule has 0 spiro atoms. The average molecular weight is 232 g/mol. The SMILES string of the molecule is CC1Nc2cccc(C#N)c2OC1CC(=O)O. The van der Waals surface area contributed by atoms with Crippen molar-refractivity contribution in [2.75, 3.05) is 5.32 Å². The van der Waals surface area contributed by atoms with E-state index in [2.05, 4.69) is 5.32 Å². The highest BCUT2D eigenvalue weighted by Crippen LogP contribution is 2.35. The Bertz CT molecular complexity index is 493. The van der Waals surface area contributed by atoms with Crippen LogP contribution in [0.3, 0.4) is 0 Å². The summed E-state index contributed by atoms with van der Waals surface area (Å²) < 4.78 is 5.61. The van der Waals surface area contributed by atoms with E-state index in [0.29, 0.717) is 11.3 Å². The number of hydrogen-bond acceptors (Lipinski definition) is 4. The fourth-order valence-corrected chi connectivity index (χ4v) is 1.85. The van der Waals surface area contributed by atoms with E-state index in [1.165, 1.54) is 0 Å². The second-order valence-corrected chi connectivity index (χ2v) is 3.98. The van der Waals surface area contributed by atoms with E-state index in [0.717, 1.165) is 5.69 Å². The summed E-state index contributed by atoms with van der Waals surface area (Å²) in [4.78, 5) is 10.7. The van der Waals surface area contributed by atoms with Gasteiger partial charge in [-0.1, -0.05) is 6.07 Å². The van der Waals surface area contributed by atoms with Crippen LogP contribution in [0.4, 0.5) is 5.69 Å². The lowest BCUT2D eigenvalue weighted by atomic mass is 10.0. The zero-order chi connectivity index (χ0) is 12.4. The summed E-state index contributed by atoms with van der Waals surface area (Å²) in [5.74, 6) is -0.471.